The van der Waals surface area contributed by atoms with E-state index in [1.165, 1.54) is 17.5 Å². The number of rotatable bonds is 5. The number of carbonyl (C=O) groups excluding carboxylic acids is 1. The summed E-state index contributed by atoms with van der Waals surface area (Å²) >= 11 is 0. The summed E-state index contributed by atoms with van der Waals surface area (Å²) in [4.78, 5) is 15.0. The molecule has 0 bridgehead atoms. The highest BCUT2D eigenvalue weighted by Crippen LogP contribution is 2.28. The molecule has 1 unspecified atom stereocenters. The van der Waals surface area contributed by atoms with Gasteiger partial charge in [0.2, 0.25) is 0 Å². The predicted octanol–water partition coefficient (Wildman–Crippen LogP) is 5.14. The molecule has 0 heterocycles. The Morgan fingerprint density at radius 2 is 1.68 bits per heavy atom. The summed E-state index contributed by atoms with van der Waals surface area (Å²) in [7, 11) is 4.26. The van der Waals surface area contributed by atoms with E-state index < -0.39 is 0 Å². The van der Waals surface area contributed by atoms with Crippen LogP contribution in [-0.2, 0) is 12.8 Å². The van der Waals surface area contributed by atoms with E-state index in [1.807, 2.05) is 42.5 Å². The lowest BCUT2D eigenvalue weighted by molar-refractivity contribution is 0.102. The molecule has 0 saturated heterocycles. The van der Waals surface area contributed by atoms with Gasteiger partial charge < -0.3 is 10.2 Å². The Morgan fingerprint density at radius 1 is 1.00 bits per heavy atom. The van der Waals surface area contributed by atoms with Crippen LogP contribution in [0.2, 0.25) is 0 Å². The van der Waals surface area contributed by atoms with E-state index in [4.69, 9.17) is 5.26 Å². The minimum atomic E-state index is -0.104. The SMILES string of the molecule is CN(C)CC1CCc2cc(NC(=O)c3ccc(-c4ccc(C#N)cc4)cc3)ccc2C1. The topological polar surface area (TPSA) is 56.1 Å². The van der Waals surface area contributed by atoms with Gasteiger partial charge in [0.1, 0.15) is 0 Å². The Labute approximate surface area is 184 Å². The molecule has 0 saturated carbocycles. The average molecular weight is 410 g/mol. The maximum absolute atomic E-state index is 12.7. The van der Waals surface area contributed by atoms with E-state index in [9.17, 15) is 4.79 Å². The molecule has 156 valence electrons. The molecule has 0 radical (unpaired) electrons. The lowest BCUT2D eigenvalue weighted by atomic mass is 9.83. The maximum atomic E-state index is 12.7. The fourth-order valence-electron chi connectivity index (χ4n) is 4.33. The van der Waals surface area contributed by atoms with Gasteiger partial charge >= 0.3 is 0 Å². The van der Waals surface area contributed by atoms with Crippen molar-refractivity contribution in [2.75, 3.05) is 26.0 Å². The molecule has 1 aliphatic rings. The van der Waals surface area contributed by atoms with Crippen molar-refractivity contribution >= 4 is 11.6 Å². The van der Waals surface area contributed by atoms with E-state index in [2.05, 4.69) is 42.5 Å². The number of aryl methyl sites for hydroxylation is 1. The largest absolute Gasteiger partial charge is 0.322 e. The fourth-order valence-corrected chi connectivity index (χ4v) is 4.33. The average Bonchev–Trinajstić information content (AvgIpc) is 2.79. The van der Waals surface area contributed by atoms with Crippen molar-refractivity contribution in [2.45, 2.75) is 19.3 Å². The first-order chi connectivity index (χ1) is 15.0. The molecule has 4 rings (SSSR count). The lowest BCUT2D eigenvalue weighted by Crippen LogP contribution is -2.26. The lowest BCUT2D eigenvalue weighted by Gasteiger charge is -2.27. The molecular formula is C27H27N3O. The summed E-state index contributed by atoms with van der Waals surface area (Å²) in [5.74, 6) is 0.602. The molecule has 3 aromatic rings. The summed E-state index contributed by atoms with van der Waals surface area (Å²) in [5.41, 5.74) is 6.91. The van der Waals surface area contributed by atoms with Crippen molar-refractivity contribution in [3.63, 3.8) is 0 Å². The summed E-state index contributed by atoms with van der Waals surface area (Å²) in [6, 6.07) is 23.4. The quantitative estimate of drug-likeness (QED) is 0.634. The van der Waals surface area contributed by atoms with Gasteiger partial charge in [0, 0.05) is 17.8 Å². The smallest absolute Gasteiger partial charge is 0.255 e. The minimum Gasteiger partial charge on any atom is -0.322 e. The first-order valence-corrected chi connectivity index (χ1v) is 10.7. The molecule has 1 N–H and O–H groups in total. The number of nitriles is 1. The molecular weight excluding hydrogens is 382 g/mol. The van der Waals surface area contributed by atoms with Crippen LogP contribution in [0.25, 0.3) is 11.1 Å². The molecule has 31 heavy (non-hydrogen) atoms. The van der Waals surface area contributed by atoms with Gasteiger partial charge in [-0.1, -0.05) is 30.3 Å². The number of nitrogens with zero attached hydrogens (tertiary/aromatic N) is 2. The van der Waals surface area contributed by atoms with Crippen molar-refractivity contribution in [2.24, 2.45) is 5.92 Å². The van der Waals surface area contributed by atoms with E-state index >= 15 is 0 Å². The van der Waals surface area contributed by atoms with Gasteiger partial charge in [-0.25, -0.2) is 0 Å². The normalized spacial score (nSPS) is 15.2. The number of anilines is 1. The zero-order chi connectivity index (χ0) is 21.8. The van der Waals surface area contributed by atoms with E-state index in [0.29, 0.717) is 17.0 Å². The first-order valence-electron chi connectivity index (χ1n) is 10.7. The van der Waals surface area contributed by atoms with Gasteiger partial charge in [0.25, 0.3) is 5.91 Å². The molecule has 0 fully saturated rings. The third kappa shape index (κ3) is 5.02. The molecule has 0 aromatic heterocycles. The van der Waals surface area contributed by atoms with E-state index in [-0.39, 0.29) is 5.91 Å². The van der Waals surface area contributed by atoms with Crippen LogP contribution in [0.5, 0.6) is 0 Å². The van der Waals surface area contributed by atoms with Gasteiger partial charge in [-0.05, 0) is 97.9 Å². The van der Waals surface area contributed by atoms with Gasteiger partial charge in [-0.2, -0.15) is 5.26 Å². The summed E-state index contributed by atoms with van der Waals surface area (Å²) < 4.78 is 0. The standard InChI is InChI=1S/C27H27N3O/c1-30(2)18-20-5-8-25-16-26(14-13-24(25)15-20)29-27(31)23-11-9-22(10-12-23)21-6-3-19(17-28)4-7-21/h3-4,6-7,9-14,16,20H,5,8,15,18H2,1-2H3,(H,29,31). The van der Waals surface area contributed by atoms with Crippen molar-refractivity contribution < 1.29 is 4.79 Å². The van der Waals surface area contributed by atoms with Crippen LogP contribution in [0.3, 0.4) is 0 Å². The number of hydrogen-bond acceptors (Lipinski definition) is 3. The zero-order valence-corrected chi connectivity index (χ0v) is 18.1. The summed E-state index contributed by atoms with van der Waals surface area (Å²) in [6.07, 6.45) is 3.37. The Bertz CT molecular complexity index is 1110. The molecule has 0 spiro atoms. The second kappa shape index (κ2) is 9.16. The van der Waals surface area contributed by atoms with Crippen LogP contribution in [0.4, 0.5) is 5.69 Å². The fraction of sp³-hybridized carbons (Fsp3) is 0.259. The number of hydrogen-bond donors (Lipinski definition) is 1. The van der Waals surface area contributed by atoms with Crippen molar-refractivity contribution in [3.05, 3.63) is 89.0 Å². The van der Waals surface area contributed by atoms with E-state index in [0.717, 1.165) is 36.2 Å². The van der Waals surface area contributed by atoms with Crippen LogP contribution in [0.15, 0.2) is 66.7 Å². The van der Waals surface area contributed by atoms with Crippen molar-refractivity contribution in [1.82, 2.24) is 4.90 Å². The Kier molecular flexibility index (Phi) is 6.16. The van der Waals surface area contributed by atoms with Crippen LogP contribution in [0, 0.1) is 17.2 Å². The van der Waals surface area contributed by atoms with Gasteiger partial charge in [0.05, 0.1) is 11.6 Å². The van der Waals surface area contributed by atoms with Crippen LogP contribution < -0.4 is 5.32 Å². The predicted molar refractivity (Wildman–Crippen MR) is 125 cm³/mol. The number of carbonyl (C=O) groups is 1. The van der Waals surface area contributed by atoms with Gasteiger partial charge in [-0.15, -0.1) is 0 Å². The monoisotopic (exact) mass is 409 g/mol. The molecule has 0 aliphatic heterocycles. The number of nitrogens with one attached hydrogen (secondary N) is 1. The van der Waals surface area contributed by atoms with Crippen LogP contribution >= 0.6 is 0 Å². The Balaban J connectivity index is 1.42. The second-order valence-electron chi connectivity index (χ2n) is 8.58. The Morgan fingerprint density at radius 3 is 2.32 bits per heavy atom. The summed E-state index contributed by atoms with van der Waals surface area (Å²) in [6.45, 7) is 1.12. The molecule has 1 aliphatic carbocycles. The first kappa shape index (κ1) is 20.8. The number of amides is 1. The molecule has 1 atom stereocenters. The molecule has 1 amide bonds. The highest BCUT2D eigenvalue weighted by Gasteiger charge is 2.19. The van der Waals surface area contributed by atoms with Gasteiger partial charge in [-0.3, -0.25) is 4.79 Å². The number of fused-ring (bicyclic) bond motifs is 1. The van der Waals surface area contributed by atoms with Crippen LogP contribution in [-0.4, -0.2) is 31.4 Å². The minimum absolute atomic E-state index is 0.104. The van der Waals surface area contributed by atoms with Crippen molar-refractivity contribution in [3.8, 4) is 17.2 Å². The summed E-state index contributed by atoms with van der Waals surface area (Å²) in [5, 5.41) is 12.0. The van der Waals surface area contributed by atoms with Crippen molar-refractivity contribution in [1.29, 1.82) is 5.26 Å². The maximum Gasteiger partial charge on any atom is 0.255 e. The third-order valence-corrected chi connectivity index (χ3v) is 5.91. The van der Waals surface area contributed by atoms with Gasteiger partial charge in [0.15, 0.2) is 0 Å². The Hall–Kier alpha value is -3.42. The van der Waals surface area contributed by atoms with E-state index in [1.54, 1.807) is 12.1 Å². The third-order valence-electron chi connectivity index (χ3n) is 5.91. The molecule has 3 aromatic carbocycles. The highest BCUT2D eigenvalue weighted by molar-refractivity contribution is 6.04. The molecule has 4 heteroatoms. The van der Waals surface area contributed by atoms with Crippen LogP contribution in [0.1, 0.15) is 33.5 Å². The zero-order valence-electron chi connectivity index (χ0n) is 18.1. The second-order valence-corrected chi connectivity index (χ2v) is 8.58. The highest BCUT2D eigenvalue weighted by atomic mass is 16.1. The molecule has 4 nitrogen and oxygen atoms in total. The number of benzene rings is 3.